The van der Waals surface area contributed by atoms with Crippen LogP contribution in [0.2, 0.25) is 0 Å². The minimum Gasteiger partial charge on any atom is -0.504 e. The maximum Gasteiger partial charge on any atom is 0.163 e. The van der Waals surface area contributed by atoms with Crippen LogP contribution in [0.3, 0.4) is 0 Å². The summed E-state index contributed by atoms with van der Waals surface area (Å²) in [4.78, 5) is 14.3. The van der Waals surface area contributed by atoms with E-state index in [-0.39, 0.29) is 17.5 Å². The number of Topliss-reactive ketones (excluding diaryl/α,β-unsaturated/α-hetero) is 1. The van der Waals surface area contributed by atoms with Crippen LogP contribution in [0.4, 0.5) is 0 Å². The van der Waals surface area contributed by atoms with Gasteiger partial charge in [-0.25, -0.2) is 0 Å². The third-order valence-corrected chi connectivity index (χ3v) is 3.58. The van der Waals surface area contributed by atoms with Crippen LogP contribution in [0.15, 0.2) is 23.8 Å². The van der Waals surface area contributed by atoms with Crippen molar-refractivity contribution < 1.29 is 14.6 Å². The molecule has 0 spiro atoms. The summed E-state index contributed by atoms with van der Waals surface area (Å²) in [6, 6.07) is 5.12. The van der Waals surface area contributed by atoms with E-state index in [1.54, 1.807) is 18.2 Å². The highest BCUT2D eigenvalue weighted by Crippen LogP contribution is 2.31. The largest absolute Gasteiger partial charge is 0.504 e. The molecular formula is C16H21NO3. The maximum atomic E-state index is 12.3. The van der Waals surface area contributed by atoms with Crippen LogP contribution < -0.4 is 4.74 Å². The molecule has 1 unspecified atom stereocenters. The van der Waals surface area contributed by atoms with Gasteiger partial charge < -0.3 is 14.7 Å². The fourth-order valence-electron chi connectivity index (χ4n) is 2.59. The molecule has 1 saturated carbocycles. The van der Waals surface area contributed by atoms with Gasteiger partial charge >= 0.3 is 0 Å². The van der Waals surface area contributed by atoms with E-state index in [9.17, 15) is 9.90 Å². The zero-order valence-corrected chi connectivity index (χ0v) is 12.2. The van der Waals surface area contributed by atoms with Crippen LogP contribution in [0.25, 0.3) is 6.08 Å². The van der Waals surface area contributed by atoms with Gasteiger partial charge in [0.05, 0.1) is 7.11 Å². The summed E-state index contributed by atoms with van der Waals surface area (Å²) in [6.07, 6.45) is 3.64. The lowest BCUT2D eigenvalue weighted by Crippen LogP contribution is -2.24. The molecule has 1 aliphatic rings. The Balaban J connectivity index is 2.18. The van der Waals surface area contributed by atoms with E-state index in [1.165, 1.54) is 7.11 Å². The molecule has 1 atom stereocenters. The lowest BCUT2D eigenvalue weighted by Gasteiger charge is -2.13. The second kappa shape index (κ2) is 6.09. The van der Waals surface area contributed by atoms with Crippen LogP contribution in [0, 0.1) is 5.92 Å². The number of phenolic OH excluding ortho intramolecular Hbond substituents is 1. The Morgan fingerprint density at radius 2 is 2.20 bits per heavy atom. The fourth-order valence-corrected chi connectivity index (χ4v) is 2.59. The SMILES string of the molecule is COc1cc(C=C2CCC(CN(C)C)C2=O)ccc1O. The summed E-state index contributed by atoms with van der Waals surface area (Å²) in [6.45, 7) is 0.801. The first kappa shape index (κ1) is 14.6. The summed E-state index contributed by atoms with van der Waals surface area (Å²) in [5.74, 6) is 0.883. The van der Waals surface area contributed by atoms with Gasteiger partial charge in [-0.2, -0.15) is 0 Å². The van der Waals surface area contributed by atoms with Crippen molar-refractivity contribution in [3.63, 3.8) is 0 Å². The molecule has 0 saturated heterocycles. The van der Waals surface area contributed by atoms with Gasteiger partial charge in [-0.15, -0.1) is 0 Å². The second-order valence-corrected chi connectivity index (χ2v) is 5.46. The minimum absolute atomic E-state index is 0.107. The van der Waals surface area contributed by atoms with E-state index >= 15 is 0 Å². The molecular weight excluding hydrogens is 254 g/mol. The van der Waals surface area contributed by atoms with Crippen LogP contribution in [-0.4, -0.2) is 43.5 Å². The van der Waals surface area contributed by atoms with Crippen molar-refractivity contribution in [2.24, 2.45) is 5.92 Å². The number of methoxy groups -OCH3 is 1. The van der Waals surface area contributed by atoms with E-state index in [2.05, 4.69) is 4.90 Å². The summed E-state index contributed by atoms with van der Waals surface area (Å²) >= 11 is 0. The molecule has 0 aromatic heterocycles. The Hall–Kier alpha value is -1.81. The van der Waals surface area contributed by atoms with Crippen LogP contribution in [-0.2, 0) is 4.79 Å². The highest BCUT2D eigenvalue weighted by molar-refractivity contribution is 6.03. The topological polar surface area (TPSA) is 49.8 Å². The smallest absolute Gasteiger partial charge is 0.163 e. The molecule has 0 radical (unpaired) electrons. The standard InChI is InChI=1S/C16H21NO3/c1-17(2)10-13-6-5-12(16(13)19)8-11-4-7-14(18)15(9-11)20-3/h4,7-9,13,18H,5-6,10H2,1-3H3. The molecule has 0 amide bonds. The molecule has 0 heterocycles. The predicted octanol–water partition coefficient (Wildman–Crippen LogP) is 2.32. The molecule has 1 N–H and O–H groups in total. The van der Waals surface area contributed by atoms with Gasteiger partial charge in [0.2, 0.25) is 0 Å². The molecule has 1 aromatic rings. The van der Waals surface area contributed by atoms with Crippen molar-refractivity contribution >= 4 is 11.9 Å². The van der Waals surface area contributed by atoms with Gasteiger partial charge in [-0.3, -0.25) is 4.79 Å². The Kier molecular flexibility index (Phi) is 4.45. The number of phenols is 1. The normalized spacial score (nSPS) is 20.9. The number of benzene rings is 1. The molecule has 1 fully saturated rings. The number of ketones is 1. The van der Waals surface area contributed by atoms with Crippen LogP contribution >= 0.6 is 0 Å². The molecule has 0 aliphatic heterocycles. The Morgan fingerprint density at radius 1 is 1.45 bits per heavy atom. The highest BCUT2D eigenvalue weighted by atomic mass is 16.5. The summed E-state index contributed by atoms with van der Waals surface area (Å²) in [5, 5.41) is 9.57. The lowest BCUT2D eigenvalue weighted by molar-refractivity contribution is -0.118. The maximum absolute atomic E-state index is 12.3. The monoisotopic (exact) mass is 275 g/mol. The molecule has 1 aromatic carbocycles. The molecule has 108 valence electrons. The highest BCUT2D eigenvalue weighted by Gasteiger charge is 2.29. The molecule has 20 heavy (non-hydrogen) atoms. The molecule has 4 nitrogen and oxygen atoms in total. The van der Waals surface area contributed by atoms with Gasteiger partial charge in [0.25, 0.3) is 0 Å². The van der Waals surface area contributed by atoms with Crippen molar-refractivity contribution in [1.82, 2.24) is 4.90 Å². The van der Waals surface area contributed by atoms with E-state index in [0.717, 1.165) is 30.5 Å². The Bertz CT molecular complexity index is 535. The number of nitrogens with zero attached hydrogens (tertiary/aromatic N) is 1. The quantitative estimate of drug-likeness (QED) is 0.857. The molecule has 0 bridgehead atoms. The van der Waals surface area contributed by atoms with Crippen molar-refractivity contribution in [2.45, 2.75) is 12.8 Å². The molecule has 1 aliphatic carbocycles. The van der Waals surface area contributed by atoms with E-state index in [0.29, 0.717) is 5.75 Å². The lowest BCUT2D eigenvalue weighted by atomic mass is 10.0. The Labute approximate surface area is 119 Å². The van der Waals surface area contributed by atoms with Crippen molar-refractivity contribution in [2.75, 3.05) is 27.7 Å². The zero-order valence-electron chi connectivity index (χ0n) is 12.2. The first-order valence-electron chi connectivity index (χ1n) is 6.77. The number of hydrogen-bond acceptors (Lipinski definition) is 4. The van der Waals surface area contributed by atoms with E-state index in [1.807, 2.05) is 20.2 Å². The molecule has 4 heteroatoms. The second-order valence-electron chi connectivity index (χ2n) is 5.46. The van der Waals surface area contributed by atoms with Gasteiger partial charge in [-0.1, -0.05) is 6.07 Å². The molecule has 2 rings (SSSR count). The summed E-state index contributed by atoms with van der Waals surface area (Å²) in [7, 11) is 5.49. The van der Waals surface area contributed by atoms with Crippen LogP contribution in [0.5, 0.6) is 11.5 Å². The number of hydrogen-bond donors (Lipinski definition) is 1. The van der Waals surface area contributed by atoms with Gasteiger partial charge in [0, 0.05) is 12.5 Å². The van der Waals surface area contributed by atoms with Gasteiger partial charge in [0.15, 0.2) is 17.3 Å². The number of carbonyl (C=O) groups is 1. The number of allylic oxidation sites excluding steroid dienone is 1. The van der Waals surface area contributed by atoms with E-state index < -0.39 is 0 Å². The first-order valence-corrected chi connectivity index (χ1v) is 6.77. The summed E-state index contributed by atoms with van der Waals surface area (Å²) in [5.41, 5.74) is 1.75. The first-order chi connectivity index (χ1) is 9.51. The van der Waals surface area contributed by atoms with E-state index in [4.69, 9.17) is 4.74 Å². The van der Waals surface area contributed by atoms with Crippen molar-refractivity contribution in [1.29, 1.82) is 0 Å². The average molecular weight is 275 g/mol. The van der Waals surface area contributed by atoms with Crippen molar-refractivity contribution in [3.05, 3.63) is 29.3 Å². The minimum atomic E-state index is 0.107. The summed E-state index contributed by atoms with van der Waals surface area (Å²) < 4.78 is 5.08. The Morgan fingerprint density at radius 3 is 2.85 bits per heavy atom. The zero-order chi connectivity index (χ0) is 14.7. The van der Waals surface area contributed by atoms with Crippen LogP contribution in [0.1, 0.15) is 18.4 Å². The van der Waals surface area contributed by atoms with Gasteiger partial charge in [0.1, 0.15) is 0 Å². The third kappa shape index (κ3) is 3.20. The number of carbonyl (C=O) groups excluding carboxylic acids is 1. The predicted molar refractivity (Wildman–Crippen MR) is 78.9 cm³/mol. The third-order valence-electron chi connectivity index (χ3n) is 3.58. The number of rotatable bonds is 4. The average Bonchev–Trinajstić information content (AvgIpc) is 2.73. The van der Waals surface area contributed by atoms with Gasteiger partial charge in [-0.05, 0) is 56.3 Å². The number of ether oxygens (including phenoxy) is 1. The van der Waals surface area contributed by atoms with Crippen molar-refractivity contribution in [3.8, 4) is 11.5 Å². The number of aromatic hydroxyl groups is 1. The fraction of sp³-hybridized carbons (Fsp3) is 0.438.